The Bertz CT molecular complexity index is 376. The fourth-order valence-electron chi connectivity index (χ4n) is 2.28. The first-order valence-electron chi connectivity index (χ1n) is 6.06. The molecule has 94 valence electrons. The predicted molar refractivity (Wildman–Crippen MR) is 71.0 cm³/mol. The Hall–Kier alpha value is -0.770. The molecular formula is C13H19ClN2O. The van der Waals surface area contributed by atoms with Gasteiger partial charge in [-0.05, 0) is 49.5 Å². The molecule has 1 fully saturated rings. The molecule has 1 aliphatic heterocycles. The van der Waals surface area contributed by atoms with Crippen LogP contribution in [0.5, 0.6) is 0 Å². The Morgan fingerprint density at radius 2 is 2.06 bits per heavy atom. The van der Waals surface area contributed by atoms with Crippen LogP contribution in [-0.2, 0) is 6.54 Å². The van der Waals surface area contributed by atoms with E-state index in [0.717, 1.165) is 43.7 Å². The summed E-state index contributed by atoms with van der Waals surface area (Å²) in [5.41, 5.74) is 7.84. The number of halogens is 1. The fourth-order valence-corrected chi connectivity index (χ4v) is 2.46. The van der Waals surface area contributed by atoms with Crippen molar-refractivity contribution in [3.8, 4) is 0 Å². The number of aliphatic hydroxyl groups is 1. The van der Waals surface area contributed by atoms with Gasteiger partial charge in [0.25, 0.3) is 0 Å². The molecule has 0 unspecified atom stereocenters. The Balaban J connectivity index is 1.93. The summed E-state index contributed by atoms with van der Waals surface area (Å²) in [4.78, 5) is 2.38. The van der Waals surface area contributed by atoms with Gasteiger partial charge in [-0.15, -0.1) is 0 Å². The molecule has 0 atom stereocenters. The average molecular weight is 255 g/mol. The van der Waals surface area contributed by atoms with Crippen molar-refractivity contribution in [1.29, 1.82) is 0 Å². The lowest BCUT2D eigenvalue weighted by Crippen LogP contribution is -2.34. The van der Waals surface area contributed by atoms with Gasteiger partial charge in [0.1, 0.15) is 0 Å². The molecule has 0 amide bonds. The molecule has 1 aromatic rings. The smallest absolute Gasteiger partial charge is 0.0460 e. The van der Waals surface area contributed by atoms with Crippen molar-refractivity contribution < 1.29 is 5.11 Å². The summed E-state index contributed by atoms with van der Waals surface area (Å²) in [7, 11) is 0. The van der Waals surface area contributed by atoms with Crippen LogP contribution in [-0.4, -0.2) is 29.7 Å². The van der Waals surface area contributed by atoms with E-state index in [1.165, 1.54) is 0 Å². The predicted octanol–water partition coefficient (Wildman–Crippen LogP) is 2.13. The van der Waals surface area contributed by atoms with Crippen molar-refractivity contribution in [3.05, 3.63) is 28.8 Å². The van der Waals surface area contributed by atoms with Gasteiger partial charge in [0, 0.05) is 23.9 Å². The van der Waals surface area contributed by atoms with Crippen LogP contribution in [0.2, 0.25) is 5.02 Å². The summed E-state index contributed by atoms with van der Waals surface area (Å²) in [5.74, 6) is 0.480. The van der Waals surface area contributed by atoms with Crippen molar-refractivity contribution in [3.63, 3.8) is 0 Å². The van der Waals surface area contributed by atoms with Gasteiger partial charge in [-0.3, -0.25) is 4.90 Å². The molecule has 4 heteroatoms. The van der Waals surface area contributed by atoms with Gasteiger partial charge in [-0.25, -0.2) is 0 Å². The summed E-state index contributed by atoms with van der Waals surface area (Å²) in [6.07, 6.45) is 2.15. The van der Waals surface area contributed by atoms with E-state index < -0.39 is 0 Å². The lowest BCUT2D eigenvalue weighted by Gasteiger charge is -2.31. The first-order valence-corrected chi connectivity index (χ1v) is 6.44. The van der Waals surface area contributed by atoms with E-state index in [9.17, 15) is 0 Å². The SMILES string of the molecule is Nc1cc(Cl)ccc1CN1CCC(CO)CC1. The standard InChI is InChI=1S/C13H19ClN2O/c14-12-2-1-11(13(15)7-12)8-16-5-3-10(9-17)4-6-16/h1-2,7,10,17H,3-6,8-9,15H2. The third kappa shape index (κ3) is 3.35. The molecule has 0 aromatic heterocycles. The quantitative estimate of drug-likeness (QED) is 0.813. The van der Waals surface area contributed by atoms with Crippen LogP contribution >= 0.6 is 11.6 Å². The maximum atomic E-state index is 9.09. The van der Waals surface area contributed by atoms with E-state index in [0.29, 0.717) is 17.5 Å². The van der Waals surface area contributed by atoms with Crippen molar-refractivity contribution in [2.24, 2.45) is 5.92 Å². The number of nitrogens with zero attached hydrogens (tertiary/aromatic N) is 1. The second-order valence-electron chi connectivity index (χ2n) is 4.75. The highest BCUT2D eigenvalue weighted by Gasteiger charge is 2.18. The molecule has 17 heavy (non-hydrogen) atoms. The van der Waals surface area contributed by atoms with Crippen LogP contribution in [0.1, 0.15) is 18.4 Å². The molecular weight excluding hydrogens is 236 g/mol. The van der Waals surface area contributed by atoms with Crippen molar-refractivity contribution in [2.45, 2.75) is 19.4 Å². The molecule has 3 nitrogen and oxygen atoms in total. The molecule has 0 saturated carbocycles. The number of hydrogen-bond acceptors (Lipinski definition) is 3. The van der Waals surface area contributed by atoms with Crippen molar-refractivity contribution in [2.75, 3.05) is 25.4 Å². The van der Waals surface area contributed by atoms with Gasteiger partial charge in [-0.1, -0.05) is 17.7 Å². The monoisotopic (exact) mass is 254 g/mol. The van der Waals surface area contributed by atoms with E-state index in [-0.39, 0.29) is 0 Å². The normalized spacial score (nSPS) is 18.5. The minimum absolute atomic E-state index is 0.316. The number of rotatable bonds is 3. The highest BCUT2D eigenvalue weighted by Crippen LogP contribution is 2.22. The van der Waals surface area contributed by atoms with Crippen LogP contribution < -0.4 is 5.73 Å². The average Bonchev–Trinajstić information content (AvgIpc) is 2.34. The first-order chi connectivity index (χ1) is 8.19. The highest BCUT2D eigenvalue weighted by molar-refractivity contribution is 6.30. The van der Waals surface area contributed by atoms with Gasteiger partial charge in [0.05, 0.1) is 0 Å². The lowest BCUT2D eigenvalue weighted by molar-refractivity contribution is 0.127. The summed E-state index contributed by atoms with van der Waals surface area (Å²) in [6.45, 7) is 3.26. The third-order valence-corrected chi connectivity index (χ3v) is 3.70. The maximum Gasteiger partial charge on any atom is 0.0460 e. The Morgan fingerprint density at radius 1 is 1.35 bits per heavy atom. The van der Waals surface area contributed by atoms with Gasteiger partial charge in [0.2, 0.25) is 0 Å². The first kappa shape index (κ1) is 12.7. The number of aliphatic hydroxyl groups excluding tert-OH is 1. The number of hydrogen-bond donors (Lipinski definition) is 2. The molecule has 1 saturated heterocycles. The molecule has 1 aliphatic rings. The molecule has 0 spiro atoms. The Morgan fingerprint density at radius 3 is 2.65 bits per heavy atom. The van der Waals surface area contributed by atoms with Crippen molar-refractivity contribution >= 4 is 17.3 Å². The molecule has 1 heterocycles. The molecule has 1 aromatic carbocycles. The van der Waals surface area contributed by atoms with Gasteiger partial charge >= 0.3 is 0 Å². The van der Waals surface area contributed by atoms with E-state index in [1.54, 1.807) is 6.07 Å². The van der Waals surface area contributed by atoms with E-state index in [1.807, 2.05) is 12.1 Å². The van der Waals surface area contributed by atoms with Crippen LogP contribution in [0.4, 0.5) is 5.69 Å². The lowest BCUT2D eigenvalue weighted by atomic mass is 9.97. The molecule has 0 aliphatic carbocycles. The number of piperidine rings is 1. The number of nitrogen functional groups attached to an aromatic ring is 1. The van der Waals surface area contributed by atoms with Gasteiger partial charge in [0.15, 0.2) is 0 Å². The van der Waals surface area contributed by atoms with E-state index in [4.69, 9.17) is 22.4 Å². The number of nitrogens with two attached hydrogens (primary N) is 1. The van der Waals surface area contributed by atoms with Crippen LogP contribution in [0.25, 0.3) is 0 Å². The minimum atomic E-state index is 0.316. The zero-order valence-corrected chi connectivity index (χ0v) is 10.7. The van der Waals surface area contributed by atoms with E-state index >= 15 is 0 Å². The summed E-state index contributed by atoms with van der Waals surface area (Å²) in [5, 5.41) is 9.77. The largest absolute Gasteiger partial charge is 0.398 e. The Kier molecular flexibility index (Phi) is 4.26. The van der Waals surface area contributed by atoms with E-state index in [2.05, 4.69) is 4.90 Å². The number of anilines is 1. The molecule has 0 bridgehead atoms. The second kappa shape index (κ2) is 5.71. The maximum absolute atomic E-state index is 9.09. The zero-order chi connectivity index (χ0) is 12.3. The zero-order valence-electron chi connectivity index (χ0n) is 9.90. The molecule has 0 radical (unpaired) electrons. The molecule has 3 N–H and O–H groups in total. The summed E-state index contributed by atoms with van der Waals surface area (Å²) in [6, 6.07) is 5.68. The summed E-state index contributed by atoms with van der Waals surface area (Å²) >= 11 is 5.88. The number of likely N-dealkylation sites (tertiary alicyclic amines) is 1. The highest BCUT2D eigenvalue weighted by atomic mass is 35.5. The van der Waals surface area contributed by atoms with Crippen LogP contribution in [0.3, 0.4) is 0 Å². The summed E-state index contributed by atoms with van der Waals surface area (Å²) < 4.78 is 0. The van der Waals surface area contributed by atoms with Gasteiger partial charge < -0.3 is 10.8 Å². The molecule has 2 rings (SSSR count). The van der Waals surface area contributed by atoms with Crippen molar-refractivity contribution in [1.82, 2.24) is 4.90 Å². The minimum Gasteiger partial charge on any atom is -0.398 e. The fraction of sp³-hybridized carbons (Fsp3) is 0.538. The topological polar surface area (TPSA) is 49.5 Å². The van der Waals surface area contributed by atoms with Crippen LogP contribution in [0.15, 0.2) is 18.2 Å². The van der Waals surface area contributed by atoms with Gasteiger partial charge in [-0.2, -0.15) is 0 Å². The number of benzene rings is 1. The Labute approximate surface area is 107 Å². The van der Waals surface area contributed by atoms with Crippen LogP contribution in [0, 0.1) is 5.92 Å². The second-order valence-corrected chi connectivity index (χ2v) is 5.18. The third-order valence-electron chi connectivity index (χ3n) is 3.47.